The van der Waals surface area contributed by atoms with Gasteiger partial charge in [-0.1, -0.05) is 0 Å². The Balaban J connectivity index is 0. The van der Waals surface area contributed by atoms with Gasteiger partial charge in [-0.15, -0.1) is 4.99 Å². The molecule has 0 atom stereocenters. The number of halogens is 2. The molecule has 14 heavy (non-hydrogen) atoms. The van der Waals surface area contributed by atoms with E-state index in [0.29, 0.717) is 0 Å². The number of aliphatic imine (C=N–C) groups is 1. The van der Waals surface area contributed by atoms with Gasteiger partial charge in [-0.05, 0) is 23.2 Å². The third kappa shape index (κ3) is 16.9. The summed E-state index contributed by atoms with van der Waals surface area (Å²) in [7, 11) is 1.13. The van der Waals surface area contributed by atoms with Crippen LogP contribution < -0.4 is 5.32 Å². The molecular weight excluding hydrogens is 239 g/mol. The molecule has 0 aliphatic carbocycles. The molecule has 0 spiro atoms. The van der Waals surface area contributed by atoms with Gasteiger partial charge in [0.1, 0.15) is 0 Å². The second kappa shape index (κ2) is 9.66. The molecule has 0 aromatic carbocycles. The van der Waals surface area contributed by atoms with Crippen LogP contribution in [0, 0.1) is 0 Å². The maximum Gasteiger partial charge on any atom is 0.414 e. The third-order valence-corrected chi connectivity index (χ3v) is 0.698. The first-order valence-electron chi connectivity index (χ1n) is 2.75. The average Bonchev–Trinajstić information content (AvgIpc) is 2.03. The van der Waals surface area contributed by atoms with Crippen LogP contribution in [0.1, 0.15) is 0 Å². The van der Waals surface area contributed by atoms with Crippen molar-refractivity contribution < 1.29 is 23.9 Å². The van der Waals surface area contributed by atoms with Crippen LogP contribution in [0.15, 0.2) is 4.99 Å². The van der Waals surface area contributed by atoms with E-state index in [1.165, 1.54) is 0 Å². The first kappa shape index (κ1) is 15.1. The number of carbonyl (C=O) groups is 3. The van der Waals surface area contributed by atoms with E-state index in [0.717, 1.165) is 13.2 Å². The molecule has 0 rings (SSSR count). The summed E-state index contributed by atoms with van der Waals surface area (Å²) >= 11 is 9.21. The second-order valence-electron chi connectivity index (χ2n) is 1.35. The third-order valence-electron chi connectivity index (χ3n) is 0.519. The first-order valence-corrected chi connectivity index (χ1v) is 3.51. The van der Waals surface area contributed by atoms with Crippen LogP contribution in [0.4, 0.5) is 14.4 Å². The number of hydrogen-bond donors (Lipinski definition) is 1. The van der Waals surface area contributed by atoms with Gasteiger partial charge in [-0.3, -0.25) is 9.59 Å². The number of imide groups is 1. The minimum absolute atomic E-state index is 0.856. The van der Waals surface area contributed by atoms with Crippen LogP contribution >= 0.6 is 23.2 Å². The molecule has 0 aliphatic heterocycles. The Hall–Kier alpha value is -1.43. The summed E-state index contributed by atoms with van der Waals surface area (Å²) in [6.45, 7) is 0. The highest BCUT2D eigenvalue weighted by Gasteiger charge is 2.00. The van der Waals surface area contributed by atoms with E-state index in [4.69, 9.17) is 16.4 Å². The summed E-state index contributed by atoms with van der Waals surface area (Å²) in [5.41, 5.74) is 0. The van der Waals surface area contributed by atoms with Crippen molar-refractivity contribution in [1.29, 1.82) is 0 Å². The Bertz CT molecular complexity index is 273. The predicted molar refractivity (Wildman–Crippen MR) is 46.2 cm³/mol. The number of nitrogens with one attached hydrogen (secondary N) is 1. The topological polar surface area (TPSA) is 102 Å². The van der Waals surface area contributed by atoms with Crippen LogP contribution in [0.25, 0.3) is 0 Å². The van der Waals surface area contributed by atoms with Crippen molar-refractivity contribution >= 4 is 46.1 Å². The predicted octanol–water partition coefficient (Wildman–Crippen LogP) is 1.38. The number of isocyanates is 1. The second-order valence-corrected chi connectivity index (χ2v) is 2.01. The fourth-order valence-corrected chi connectivity index (χ4v) is 0.279. The van der Waals surface area contributed by atoms with Crippen LogP contribution in [-0.4, -0.2) is 30.0 Å². The zero-order chi connectivity index (χ0) is 11.6. The molecule has 0 saturated carbocycles. The van der Waals surface area contributed by atoms with Gasteiger partial charge in [-0.25, -0.2) is 14.9 Å². The fourth-order valence-electron chi connectivity index (χ4n) is 0.167. The minimum Gasteiger partial charge on any atom is -0.453 e. The fraction of sp³-hybridized carbons (Fsp3) is 0.200. The molecule has 0 fully saturated rings. The lowest BCUT2D eigenvalue weighted by Gasteiger charge is -1.93. The maximum atomic E-state index is 9.98. The summed E-state index contributed by atoms with van der Waals surface area (Å²) in [6.07, 6.45) is 0.104. The summed E-state index contributed by atoms with van der Waals surface area (Å²) in [6, 6.07) is 0. The quantitative estimate of drug-likeness (QED) is 0.299. The molecule has 7 nitrogen and oxygen atoms in total. The van der Waals surface area contributed by atoms with Crippen molar-refractivity contribution in [1.82, 2.24) is 5.32 Å². The van der Waals surface area contributed by atoms with Crippen LogP contribution in [0.5, 0.6) is 0 Å². The number of hydrogen-bond acceptors (Lipinski definition) is 5. The Morgan fingerprint density at radius 2 is 1.86 bits per heavy atom. The summed E-state index contributed by atoms with van der Waals surface area (Å²) in [5.74, 6) is 0. The van der Waals surface area contributed by atoms with Crippen molar-refractivity contribution in [2.24, 2.45) is 4.99 Å². The summed E-state index contributed by atoms with van der Waals surface area (Å²) in [4.78, 5) is 40.6. The lowest BCUT2D eigenvalue weighted by Crippen LogP contribution is -2.24. The highest BCUT2D eigenvalue weighted by molar-refractivity contribution is 6.64. The van der Waals surface area contributed by atoms with Gasteiger partial charge in [0.15, 0.2) is 0 Å². The molecule has 0 aliphatic rings. The minimum atomic E-state index is -1.04. The van der Waals surface area contributed by atoms with Crippen molar-refractivity contribution in [3.8, 4) is 0 Å². The molecule has 1 N–H and O–H groups in total. The molecule has 78 valence electrons. The van der Waals surface area contributed by atoms with Gasteiger partial charge >= 0.3 is 16.8 Å². The Morgan fingerprint density at radius 3 is 1.93 bits per heavy atom. The van der Waals surface area contributed by atoms with Gasteiger partial charge in [0, 0.05) is 0 Å². The van der Waals surface area contributed by atoms with Gasteiger partial charge in [0.2, 0.25) is 6.08 Å². The lowest BCUT2D eigenvalue weighted by molar-refractivity contribution is 0.173. The van der Waals surface area contributed by atoms with Crippen LogP contribution in [-0.2, 0) is 9.53 Å². The highest BCUT2D eigenvalue weighted by atomic mass is 35.5. The van der Waals surface area contributed by atoms with E-state index < -0.39 is 16.8 Å². The zero-order valence-corrected chi connectivity index (χ0v) is 8.26. The van der Waals surface area contributed by atoms with E-state index in [1.54, 1.807) is 5.32 Å². The number of nitrogens with zero attached hydrogens (tertiary/aromatic N) is 1. The monoisotopic (exact) mass is 242 g/mol. The van der Waals surface area contributed by atoms with Crippen molar-refractivity contribution in [2.45, 2.75) is 0 Å². The SMILES string of the molecule is COC(=O)NC(=O)Cl.O=C=NC(=O)Cl. The van der Waals surface area contributed by atoms with Gasteiger partial charge in [0.25, 0.3) is 0 Å². The Kier molecular flexibility index (Phi) is 10.4. The molecule has 0 radical (unpaired) electrons. The molecule has 3 amide bonds. The summed E-state index contributed by atoms with van der Waals surface area (Å²) in [5, 5.41) is -0.327. The van der Waals surface area contributed by atoms with E-state index in [9.17, 15) is 14.4 Å². The number of ether oxygens (including phenoxy) is 1. The van der Waals surface area contributed by atoms with E-state index in [1.807, 2.05) is 0 Å². The van der Waals surface area contributed by atoms with E-state index in [2.05, 4.69) is 21.3 Å². The van der Waals surface area contributed by atoms with Crippen molar-refractivity contribution in [2.75, 3.05) is 7.11 Å². The number of amides is 3. The number of carbonyl (C=O) groups excluding carboxylic acids is 4. The van der Waals surface area contributed by atoms with Crippen LogP contribution in [0.2, 0.25) is 0 Å². The zero-order valence-electron chi connectivity index (χ0n) is 6.74. The molecule has 0 heterocycles. The maximum absolute atomic E-state index is 9.98. The summed E-state index contributed by atoms with van der Waals surface area (Å²) < 4.78 is 4.01. The lowest BCUT2D eigenvalue weighted by atomic mass is 11.1. The van der Waals surface area contributed by atoms with E-state index in [-0.39, 0.29) is 0 Å². The molecule has 0 bridgehead atoms. The van der Waals surface area contributed by atoms with Gasteiger partial charge in [0.05, 0.1) is 7.11 Å². The average molecular weight is 243 g/mol. The number of alkyl carbamates (subject to hydrolysis) is 1. The Labute approximate surface area is 88.0 Å². The van der Waals surface area contributed by atoms with Gasteiger partial charge < -0.3 is 4.74 Å². The molecule has 0 aromatic heterocycles. The van der Waals surface area contributed by atoms with Crippen molar-refractivity contribution in [3.63, 3.8) is 0 Å². The molecule has 0 aromatic rings. The number of methoxy groups -OCH3 is 1. The molecular formula is C5H4Cl2N2O5. The highest BCUT2D eigenvalue weighted by Crippen LogP contribution is 1.79. The largest absolute Gasteiger partial charge is 0.453 e. The standard InChI is InChI=1S/C3H4ClNO3.C2ClNO2/c1-8-3(7)5-2(4)6;3-2(6)4-1-5/h1H3,(H,5,6,7);. The van der Waals surface area contributed by atoms with Crippen LogP contribution in [0.3, 0.4) is 0 Å². The van der Waals surface area contributed by atoms with E-state index >= 15 is 0 Å². The molecule has 0 saturated heterocycles. The number of rotatable bonds is 0. The Morgan fingerprint density at radius 1 is 1.36 bits per heavy atom. The molecule has 9 heteroatoms. The smallest absolute Gasteiger partial charge is 0.414 e. The first-order chi connectivity index (χ1) is 6.43. The van der Waals surface area contributed by atoms with Crippen molar-refractivity contribution in [3.05, 3.63) is 0 Å². The molecule has 0 unspecified atom stereocenters. The normalized spacial score (nSPS) is 7.07. The van der Waals surface area contributed by atoms with Gasteiger partial charge in [-0.2, -0.15) is 0 Å².